The van der Waals surface area contributed by atoms with Gasteiger partial charge in [0.1, 0.15) is 0 Å². The maximum absolute atomic E-state index is 12.2. The quantitative estimate of drug-likeness (QED) is 0.795. The van der Waals surface area contributed by atoms with E-state index in [4.69, 9.17) is 0 Å². The molecule has 1 atom stereocenters. The molecular formula is C15H28N2O3S. The number of carbonyl (C=O) groups is 1. The molecule has 1 N–H and O–H groups in total. The van der Waals surface area contributed by atoms with Gasteiger partial charge in [-0.1, -0.05) is 25.7 Å². The summed E-state index contributed by atoms with van der Waals surface area (Å²) in [4.78, 5) is 14.3. The predicted octanol–water partition coefficient (Wildman–Crippen LogP) is 1.33. The summed E-state index contributed by atoms with van der Waals surface area (Å²) in [7, 11) is -0.978. The van der Waals surface area contributed by atoms with Gasteiger partial charge in [0.05, 0.1) is 23.6 Å². The Kier molecular flexibility index (Phi) is 5.30. The zero-order valence-electron chi connectivity index (χ0n) is 13.2. The molecule has 1 saturated heterocycles. The number of sulfone groups is 1. The van der Waals surface area contributed by atoms with Crippen molar-refractivity contribution in [1.29, 1.82) is 0 Å². The van der Waals surface area contributed by atoms with Gasteiger partial charge in [-0.15, -0.1) is 0 Å². The molecule has 6 heteroatoms. The highest BCUT2D eigenvalue weighted by Gasteiger charge is 2.39. The Hall–Kier alpha value is -0.620. The minimum Gasteiger partial charge on any atom is -0.349 e. The first-order valence-electron chi connectivity index (χ1n) is 8.01. The number of nitrogens with one attached hydrogen (secondary N) is 1. The SMILES string of the molecule is CN(CC(=O)N[C@@]1(C)CCS(=O)(=O)C1)C1CCCCCC1. The average molecular weight is 316 g/mol. The first-order chi connectivity index (χ1) is 9.80. The molecule has 0 bridgehead atoms. The molecule has 2 rings (SSSR count). The van der Waals surface area contributed by atoms with E-state index in [-0.39, 0.29) is 17.4 Å². The number of hydrogen-bond donors (Lipinski definition) is 1. The Bertz CT molecular complexity index is 469. The summed E-state index contributed by atoms with van der Waals surface area (Å²) >= 11 is 0. The molecule has 0 unspecified atom stereocenters. The van der Waals surface area contributed by atoms with Crippen LogP contribution in [-0.2, 0) is 14.6 Å². The molecule has 1 heterocycles. The zero-order valence-corrected chi connectivity index (χ0v) is 14.0. The molecule has 0 radical (unpaired) electrons. The van der Waals surface area contributed by atoms with E-state index in [9.17, 15) is 13.2 Å². The Labute approximate surface area is 128 Å². The van der Waals surface area contributed by atoms with Crippen LogP contribution in [0.5, 0.6) is 0 Å². The summed E-state index contributed by atoms with van der Waals surface area (Å²) < 4.78 is 23.1. The second-order valence-electron chi connectivity index (χ2n) is 7.01. The Morgan fingerprint density at radius 1 is 1.24 bits per heavy atom. The van der Waals surface area contributed by atoms with Crippen LogP contribution >= 0.6 is 0 Å². The number of amides is 1. The molecule has 0 aromatic carbocycles. The summed E-state index contributed by atoms with van der Waals surface area (Å²) in [6.45, 7) is 2.20. The summed E-state index contributed by atoms with van der Waals surface area (Å²) in [5.41, 5.74) is -0.583. The molecule has 0 aromatic rings. The molecule has 1 amide bonds. The van der Waals surface area contributed by atoms with Crippen molar-refractivity contribution < 1.29 is 13.2 Å². The van der Waals surface area contributed by atoms with Crippen molar-refractivity contribution in [3.05, 3.63) is 0 Å². The van der Waals surface area contributed by atoms with E-state index in [1.54, 1.807) is 0 Å². The smallest absolute Gasteiger partial charge is 0.234 e. The van der Waals surface area contributed by atoms with Gasteiger partial charge in [0.25, 0.3) is 0 Å². The van der Waals surface area contributed by atoms with Crippen molar-refractivity contribution >= 4 is 15.7 Å². The van der Waals surface area contributed by atoms with Crippen LogP contribution in [0, 0.1) is 0 Å². The van der Waals surface area contributed by atoms with Gasteiger partial charge in [-0.3, -0.25) is 9.69 Å². The van der Waals surface area contributed by atoms with Crippen molar-refractivity contribution in [3.63, 3.8) is 0 Å². The van der Waals surface area contributed by atoms with E-state index < -0.39 is 15.4 Å². The van der Waals surface area contributed by atoms with E-state index >= 15 is 0 Å². The van der Waals surface area contributed by atoms with E-state index in [2.05, 4.69) is 10.2 Å². The van der Waals surface area contributed by atoms with Crippen LogP contribution in [0.15, 0.2) is 0 Å². The van der Waals surface area contributed by atoms with Crippen molar-refractivity contribution in [2.75, 3.05) is 25.1 Å². The van der Waals surface area contributed by atoms with Crippen molar-refractivity contribution in [2.24, 2.45) is 0 Å². The lowest BCUT2D eigenvalue weighted by Crippen LogP contribution is -2.51. The summed E-state index contributed by atoms with van der Waals surface area (Å²) in [6, 6.07) is 0.485. The molecule has 5 nitrogen and oxygen atoms in total. The molecule has 1 aliphatic heterocycles. The number of rotatable bonds is 4. The van der Waals surface area contributed by atoms with Gasteiger partial charge in [0, 0.05) is 6.04 Å². The summed E-state index contributed by atoms with van der Waals surface area (Å²) in [5.74, 6) is 0.197. The molecule has 0 aromatic heterocycles. The fourth-order valence-electron chi connectivity index (χ4n) is 3.54. The van der Waals surface area contributed by atoms with Crippen LogP contribution < -0.4 is 5.32 Å². The van der Waals surface area contributed by atoms with Gasteiger partial charge in [-0.2, -0.15) is 0 Å². The van der Waals surface area contributed by atoms with Crippen molar-refractivity contribution in [2.45, 2.75) is 63.5 Å². The first-order valence-corrected chi connectivity index (χ1v) is 9.83. The van der Waals surface area contributed by atoms with E-state index in [1.165, 1.54) is 25.7 Å². The molecule has 21 heavy (non-hydrogen) atoms. The lowest BCUT2D eigenvalue weighted by molar-refractivity contribution is -0.124. The van der Waals surface area contributed by atoms with E-state index in [0.717, 1.165) is 12.8 Å². The fraction of sp³-hybridized carbons (Fsp3) is 0.933. The Morgan fingerprint density at radius 2 is 1.86 bits per heavy atom. The van der Waals surface area contributed by atoms with Crippen LogP contribution in [0.4, 0.5) is 0 Å². The monoisotopic (exact) mass is 316 g/mol. The summed E-state index contributed by atoms with van der Waals surface area (Å²) in [6.07, 6.45) is 7.93. The maximum Gasteiger partial charge on any atom is 0.234 e. The molecule has 1 aliphatic carbocycles. The third-order valence-corrected chi connectivity index (χ3v) is 6.69. The van der Waals surface area contributed by atoms with Crippen molar-refractivity contribution in [3.8, 4) is 0 Å². The van der Waals surface area contributed by atoms with Crippen LogP contribution in [0.1, 0.15) is 51.9 Å². The van der Waals surface area contributed by atoms with Gasteiger partial charge in [-0.25, -0.2) is 8.42 Å². The van der Waals surface area contributed by atoms with Gasteiger partial charge in [-0.05, 0) is 33.2 Å². The first kappa shape index (κ1) is 16.7. The van der Waals surface area contributed by atoms with E-state index in [0.29, 0.717) is 19.0 Å². The van der Waals surface area contributed by atoms with Crippen LogP contribution in [0.25, 0.3) is 0 Å². The Balaban J connectivity index is 1.83. The van der Waals surface area contributed by atoms with Crippen LogP contribution in [0.2, 0.25) is 0 Å². The van der Waals surface area contributed by atoms with E-state index in [1.807, 2.05) is 14.0 Å². The Morgan fingerprint density at radius 3 is 2.38 bits per heavy atom. The topological polar surface area (TPSA) is 66.5 Å². The van der Waals surface area contributed by atoms with Crippen molar-refractivity contribution in [1.82, 2.24) is 10.2 Å². The lowest BCUT2D eigenvalue weighted by Gasteiger charge is -2.29. The highest BCUT2D eigenvalue weighted by Crippen LogP contribution is 2.23. The maximum atomic E-state index is 12.2. The number of carbonyl (C=O) groups excluding carboxylic acids is 1. The van der Waals surface area contributed by atoms with Gasteiger partial charge < -0.3 is 5.32 Å². The molecule has 1 saturated carbocycles. The standard InChI is InChI=1S/C15H28N2O3S/c1-15(9-10-21(19,20)12-15)16-14(18)11-17(2)13-7-5-3-4-6-8-13/h13H,3-12H2,1-2H3,(H,16,18)/t15-/m0/s1. The summed E-state index contributed by atoms with van der Waals surface area (Å²) in [5, 5.41) is 2.94. The normalized spacial score (nSPS) is 30.2. The average Bonchev–Trinajstić information content (AvgIpc) is 2.59. The molecular weight excluding hydrogens is 288 g/mol. The minimum atomic E-state index is -2.98. The zero-order chi connectivity index (χ0) is 15.5. The van der Waals surface area contributed by atoms with Crippen LogP contribution in [0.3, 0.4) is 0 Å². The van der Waals surface area contributed by atoms with Gasteiger partial charge in [0.15, 0.2) is 9.84 Å². The van der Waals surface area contributed by atoms with Crippen LogP contribution in [-0.4, -0.2) is 55.9 Å². The second kappa shape index (κ2) is 6.65. The molecule has 2 fully saturated rings. The number of likely N-dealkylation sites (N-methyl/N-ethyl adjacent to an activating group) is 1. The number of nitrogens with zero attached hydrogens (tertiary/aromatic N) is 1. The van der Waals surface area contributed by atoms with Gasteiger partial charge in [0.2, 0.25) is 5.91 Å². The number of hydrogen-bond acceptors (Lipinski definition) is 4. The molecule has 122 valence electrons. The fourth-order valence-corrected chi connectivity index (χ4v) is 5.63. The second-order valence-corrected chi connectivity index (χ2v) is 9.20. The predicted molar refractivity (Wildman–Crippen MR) is 83.9 cm³/mol. The minimum absolute atomic E-state index is 0.0543. The third kappa shape index (κ3) is 4.95. The lowest BCUT2D eigenvalue weighted by atomic mass is 10.0. The third-order valence-electron chi connectivity index (χ3n) is 4.79. The highest BCUT2D eigenvalue weighted by atomic mass is 32.2. The largest absolute Gasteiger partial charge is 0.349 e. The van der Waals surface area contributed by atoms with Gasteiger partial charge >= 0.3 is 0 Å². The molecule has 2 aliphatic rings. The highest BCUT2D eigenvalue weighted by molar-refractivity contribution is 7.91. The molecule has 0 spiro atoms.